The zero-order chi connectivity index (χ0) is 22.0. The van der Waals surface area contributed by atoms with Crippen LogP contribution in [0.25, 0.3) is 11.1 Å². The molecular formula is C26H35N3O2. The molecule has 5 nitrogen and oxygen atoms in total. The van der Waals surface area contributed by atoms with Crippen LogP contribution >= 0.6 is 0 Å². The minimum atomic E-state index is 0.0258. The summed E-state index contributed by atoms with van der Waals surface area (Å²) in [4.78, 5) is 17.1. The Kier molecular flexibility index (Phi) is 6.63. The Morgan fingerprint density at radius 3 is 2.52 bits per heavy atom. The summed E-state index contributed by atoms with van der Waals surface area (Å²) in [5.41, 5.74) is 4.94. The summed E-state index contributed by atoms with van der Waals surface area (Å²) in [5.74, 6) is 0.240. The van der Waals surface area contributed by atoms with Crippen molar-refractivity contribution in [1.29, 1.82) is 0 Å². The van der Waals surface area contributed by atoms with Gasteiger partial charge in [0.2, 0.25) is 0 Å². The average Bonchev–Trinajstić information content (AvgIpc) is 2.72. The molecule has 2 fully saturated rings. The second-order valence-corrected chi connectivity index (χ2v) is 9.33. The van der Waals surface area contributed by atoms with Crippen LogP contribution in [-0.2, 0) is 0 Å². The van der Waals surface area contributed by atoms with Gasteiger partial charge in [-0.05, 0) is 56.8 Å². The Bertz CT molecular complexity index is 896. The van der Waals surface area contributed by atoms with Crippen molar-refractivity contribution in [3.05, 3.63) is 59.7 Å². The van der Waals surface area contributed by atoms with Gasteiger partial charge < -0.3 is 15.3 Å². The Balaban J connectivity index is 1.55. The number of urea groups is 1. The number of aliphatic hydroxyl groups is 1. The third kappa shape index (κ3) is 4.63. The topological polar surface area (TPSA) is 55.8 Å². The molecule has 4 rings (SSSR count). The predicted octanol–water partition coefficient (Wildman–Crippen LogP) is 4.00. The minimum absolute atomic E-state index is 0.0258. The van der Waals surface area contributed by atoms with Crippen molar-refractivity contribution in [3.8, 4) is 11.1 Å². The fraction of sp³-hybridized carbons (Fsp3) is 0.500. The van der Waals surface area contributed by atoms with Crippen LogP contribution in [0.2, 0.25) is 0 Å². The second kappa shape index (κ2) is 9.41. The molecule has 0 saturated carbocycles. The Labute approximate surface area is 186 Å². The SMILES string of the molecule is Cc1cccc(-c2ccc([C@H]3[C@@H](CO)N4CCCCN(C(=O)NC(C)C)C[C@H]34)cc2)c1. The highest BCUT2D eigenvalue weighted by Gasteiger charge is 2.49. The van der Waals surface area contributed by atoms with Crippen LogP contribution in [0.15, 0.2) is 48.5 Å². The van der Waals surface area contributed by atoms with Gasteiger partial charge in [0.15, 0.2) is 0 Å². The number of nitrogens with zero attached hydrogens (tertiary/aromatic N) is 2. The Morgan fingerprint density at radius 1 is 1.10 bits per heavy atom. The van der Waals surface area contributed by atoms with Gasteiger partial charge in [0, 0.05) is 37.1 Å². The number of hydrogen-bond acceptors (Lipinski definition) is 3. The van der Waals surface area contributed by atoms with Crippen molar-refractivity contribution in [2.24, 2.45) is 0 Å². The summed E-state index contributed by atoms with van der Waals surface area (Å²) in [7, 11) is 0. The van der Waals surface area contributed by atoms with E-state index in [9.17, 15) is 9.90 Å². The molecule has 0 bridgehead atoms. The predicted molar refractivity (Wildman–Crippen MR) is 125 cm³/mol. The zero-order valence-electron chi connectivity index (χ0n) is 18.9. The van der Waals surface area contributed by atoms with Crippen molar-refractivity contribution < 1.29 is 9.90 Å². The number of carbonyl (C=O) groups excluding carboxylic acids is 1. The van der Waals surface area contributed by atoms with Crippen LogP contribution in [0.4, 0.5) is 4.79 Å². The van der Waals surface area contributed by atoms with Crippen LogP contribution in [0.1, 0.15) is 43.7 Å². The van der Waals surface area contributed by atoms with E-state index in [0.29, 0.717) is 6.54 Å². The molecule has 0 aromatic heterocycles. The van der Waals surface area contributed by atoms with Crippen molar-refractivity contribution in [3.63, 3.8) is 0 Å². The van der Waals surface area contributed by atoms with E-state index in [1.807, 2.05) is 18.7 Å². The Morgan fingerprint density at radius 2 is 1.84 bits per heavy atom. The first-order chi connectivity index (χ1) is 15.0. The molecule has 0 unspecified atom stereocenters. The van der Waals surface area contributed by atoms with Crippen LogP contribution in [0.3, 0.4) is 0 Å². The summed E-state index contributed by atoms with van der Waals surface area (Å²) in [6, 6.07) is 17.9. The van der Waals surface area contributed by atoms with E-state index in [0.717, 1.165) is 25.9 Å². The summed E-state index contributed by atoms with van der Waals surface area (Å²) >= 11 is 0. The van der Waals surface area contributed by atoms with Crippen LogP contribution < -0.4 is 5.32 Å². The summed E-state index contributed by atoms with van der Waals surface area (Å²) in [6.07, 6.45) is 2.06. The lowest BCUT2D eigenvalue weighted by Gasteiger charge is -2.57. The van der Waals surface area contributed by atoms with Gasteiger partial charge in [0.1, 0.15) is 0 Å². The number of benzene rings is 2. The molecule has 5 heteroatoms. The van der Waals surface area contributed by atoms with E-state index in [-0.39, 0.29) is 36.7 Å². The van der Waals surface area contributed by atoms with Crippen LogP contribution in [0, 0.1) is 6.92 Å². The van der Waals surface area contributed by atoms with Crippen molar-refractivity contribution >= 4 is 6.03 Å². The quantitative estimate of drug-likeness (QED) is 0.784. The molecule has 0 radical (unpaired) electrons. The van der Waals surface area contributed by atoms with E-state index >= 15 is 0 Å². The maximum absolute atomic E-state index is 12.7. The summed E-state index contributed by atoms with van der Waals surface area (Å²) in [5, 5.41) is 13.2. The molecular weight excluding hydrogens is 386 g/mol. The molecule has 2 amide bonds. The molecule has 2 N–H and O–H groups in total. The highest BCUT2D eigenvalue weighted by molar-refractivity contribution is 5.74. The van der Waals surface area contributed by atoms with Crippen molar-refractivity contribution in [2.75, 3.05) is 26.2 Å². The molecule has 0 spiro atoms. The van der Waals surface area contributed by atoms with Gasteiger partial charge >= 0.3 is 6.03 Å². The molecule has 2 aliphatic heterocycles. The molecule has 2 aromatic carbocycles. The van der Waals surface area contributed by atoms with Crippen molar-refractivity contribution in [2.45, 2.75) is 57.7 Å². The van der Waals surface area contributed by atoms with Gasteiger partial charge in [0.05, 0.1) is 6.61 Å². The van der Waals surface area contributed by atoms with E-state index < -0.39 is 0 Å². The van der Waals surface area contributed by atoms with Gasteiger partial charge in [0.25, 0.3) is 0 Å². The maximum atomic E-state index is 12.7. The lowest BCUT2D eigenvalue weighted by molar-refractivity contribution is -0.0591. The Hall–Kier alpha value is -2.37. The van der Waals surface area contributed by atoms with Gasteiger partial charge in [-0.15, -0.1) is 0 Å². The smallest absolute Gasteiger partial charge is 0.317 e. The number of carbonyl (C=O) groups is 1. The van der Waals surface area contributed by atoms with Crippen LogP contribution in [0.5, 0.6) is 0 Å². The first kappa shape index (κ1) is 21.8. The molecule has 31 heavy (non-hydrogen) atoms. The monoisotopic (exact) mass is 421 g/mol. The summed E-state index contributed by atoms with van der Waals surface area (Å²) in [6.45, 7) is 8.76. The standard InChI is InChI=1S/C26H35N3O2/c1-18(2)27-26(31)28-13-4-5-14-29-23(16-28)25(24(29)17-30)21-11-9-20(10-12-21)22-8-6-7-19(3)15-22/h6-12,15,18,23-25,30H,4-5,13-14,16-17H2,1-3H3,(H,27,31)/t23-,24-,25-/m1/s1. The fourth-order valence-corrected chi connectivity index (χ4v) is 5.19. The highest BCUT2D eigenvalue weighted by Crippen LogP contribution is 2.42. The van der Waals surface area contributed by atoms with E-state index in [2.05, 4.69) is 65.7 Å². The van der Waals surface area contributed by atoms with Gasteiger partial charge in [-0.3, -0.25) is 4.90 Å². The molecule has 2 saturated heterocycles. The number of rotatable bonds is 4. The highest BCUT2D eigenvalue weighted by atomic mass is 16.3. The van der Waals surface area contributed by atoms with Crippen LogP contribution in [-0.4, -0.2) is 65.3 Å². The number of fused-ring (bicyclic) bond motifs is 1. The first-order valence-electron chi connectivity index (χ1n) is 11.6. The molecule has 2 heterocycles. The van der Waals surface area contributed by atoms with Gasteiger partial charge in [-0.25, -0.2) is 4.79 Å². The first-order valence-corrected chi connectivity index (χ1v) is 11.6. The third-order valence-corrected chi connectivity index (χ3v) is 6.72. The number of hydrogen-bond donors (Lipinski definition) is 2. The number of amides is 2. The summed E-state index contributed by atoms with van der Waals surface area (Å²) < 4.78 is 0. The number of nitrogens with one attached hydrogen (secondary N) is 1. The van der Waals surface area contributed by atoms with Crippen molar-refractivity contribution in [1.82, 2.24) is 15.1 Å². The number of aliphatic hydroxyl groups excluding tert-OH is 1. The van der Waals surface area contributed by atoms with E-state index in [1.54, 1.807) is 0 Å². The zero-order valence-corrected chi connectivity index (χ0v) is 18.9. The molecule has 0 aliphatic carbocycles. The average molecular weight is 422 g/mol. The second-order valence-electron chi connectivity index (χ2n) is 9.33. The molecule has 166 valence electrons. The molecule has 2 aromatic rings. The van der Waals surface area contributed by atoms with E-state index in [1.165, 1.54) is 22.3 Å². The largest absolute Gasteiger partial charge is 0.395 e. The lowest BCUT2D eigenvalue weighted by Crippen LogP contribution is -2.68. The fourth-order valence-electron chi connectivity index (χ4n) is 5.19. The number of aryl methyl sites for hydroxylation is 1. The maximum Gasteiger partial charge on any atom is 0.317 e. The van der Waals surface area contributed by atoms with Gasteiger partial charge in [-0.1, -0.05) is 54.1 Å². The molecule has 2 aliphatic rings. The molecule has 3 atom stereocenters. The van der Waals surface area contributed by atoms with Gasteiger partial charge in [-0.2, -0.15) is 0 Å². The normalized spacial score (nSPS) is 24.2. The minimum Gasteiger partial charge on any atom is -0.395 e. The third-order valence-electron chi connectivity index (χ3n) is 6.72. The lowest BCUT2D eigenvalue weighted by atomic mass is 9.74. The van der Waals surface area contributed by atoms with E-state index in [4.69, 9.17) is 0 Å².